The molecule has 34 heavy (non-hydrogen) atoms. The lowest BCUT2D eigenvalue weighted by Gasteiger charge is -2.31. The van der Waals surface area contributed by atoms with Crippen molar-refractivity contribution in [3.05, 3.63) is 53.6 Å². The number of nitrogens with one attached hydrogen (secondary N) is 1. The van der Waals surface area contributed by atoms with Crippen LogP contribution in [0.3, 0.4) is 0 Å². The first-order chi connectivity index (χ1) is 16.5. The van der Waals surface area contributed by atoms with Crippen LogP contribution in [0.5, 0.6) is 5.75 Å². The largest absolute Gasteiger partial charge is 0.491 e. The van der Waals surface area contributed by atoms with E-state index < -0.39 is 10.0 Å². The molecule has 0 aliphatic carbocycles. The minimum absolute atomic E-state index is 0.160. The normalized spacial score (nSPS) is 17.4. The number of piperidine rings is 1. The summed E-state index contributed by atoms with van der Waals surface area (Å²) in [6, 6.07) is 12.6. The molecule has 2 heterocycles. The summed E-state index contributed by atoms with van der Waals surface area (Å²) in [7, 11) is -3.65. The van der Waals surface area contributed by atoms with Crippen LogP contribution in [0.25, 0.3) is 0 Å². The van der Waals surface area contributed by atoms with Gasteiger partial charge in [0.05, 0.1) is 30.2 Å². The fourth-order valence-corrected chi connectivity index (χ4v) is 5.87. The third kappa shape index (κ3) is 5.71. The summed E-state index contributed by atoms with van der Waals surface area (Å²) in [5.74, 6) is 0.464. The van der Waals surface area contributed by atoms with Gasteiger partial charge in [0, 0.05) is 31.9 Å². The van der Waals surface area contributed by atoms with Gasteiger partial charge in [0.1, 0.15) is 12.4 Å². The molecule has 9 heteroatoms. The molecule has 2 saturated heterocycles. The van der Waals surface area contributed by atoms with E-state index in [0.717, 1.165) is 36.3 Å². The van der Waals surface area contributed by atoms with Crippen molar-refractivity contribution in [1.29, 1.82) is 0 Å². The first kappa shape index (κ1) is 24.5. The number of para-hydroxylation sites is 1. The molecule has 8 nitrogen and oxygen atoms in total. The predicted molar refractivity (Wildman–Crippen MR) is 131 cm³/mol. The van der Waals surface area contributed by atoms with Crippen LogP contribution in [0.15, 0.2) is 47.4 Å². The van der Waals surface area contributed by atoms with Crippen LogP contribution in [-0.4, -0.2) is 71.2 Å². The maximum absolute atomic E-state index is 13.2. The highest BCUT2D eigenvalue weighted by Gasteiger charge is 2.28. The van der Waals surface area contributed by atoms with Gasteiger partial charge in [-0.1, -0.05) is 24.6 Å². The Morgan fingerprint density at radius 2 is 1.76 bits per heavy atom. The van der Waals surface area contributed by atoms with Gasteiger partial charge in [-0.05, 0) is 49.6 Å². The zero-order valence-corrected chi connectivity index (χ0v) is 20.5. The number of morpholine rings is 1. The maximum Gasteiger partial charge on any atom is 0.253 e. The summed E-state index contributed by atoms with van der Waals surface area (Å²) < 4.78 is 39.2. The number of amides is 1. The average molecular weight is 488 g/mol. The second-order valence-corrected chi connectivity index (χ2v) is 10.6. The molecule has 2 aliphatic rings. The van der Waals surface area contributed by atoms with Gasteiger partial charge in [0.25, 0.3) is 5.91 Å². The van der Waals surface area contributed by atoms with Crippen LogP contribution < -0.4 is 15.0 Å². The van der Waals surface area contributed by atoms with Crippen LogP contribution >= 0.6 is 0 Å². The smallest absolute Gasteiger partial charge is 0.253 e. The highest BCUT2D eigenvalue weighted by Crippen LogP contribution is 2.28. The van der Waals surface area contributed by atoms with Gasteiger partial charge in [0.2, 0.25) is 10.0 Å². The minimum atomic E-state index is -3.65. The van der Waals surface area contributed by atoms with Gasteiger partial charge in [0.15, 0.2) is 0 Å². The molecular weight excluding hydrogens is 454 g/mol. The number of ether oxygens (including phenoxy) is 2. The summed E-state index contributed by atoms with van der Waals surface area (Å²) in [6.45, 7) is 6.06. The quantitative estimate of drug-likeness (QED) is 0.576. The number of anilines is 1. The first-order valence-electron chi connectivity index (χ1n) is 11.9. The van der Waals surface area contributed by atoms with Crippen LogP contribution in [-0.2, 0) is 14.8 Å². The third-order valence-electron chi connectivity index (χ3n) is 6.26. The first-order valence-corrected chi connectivity index (χ1v) is 13.3. The highest BCUT2D eigenvalue weighted by atomic mass is 32.2. The number of hydrogen-bond donors (Lipinski definition) is 1. The van der Waals surface area contributed by atoms with Crippen molar-refractivity contribution >= 4 is 21.6 Å². The molecule has 2 aliphatic heterocycles. The Morgan fingerprint density at radius 1 is 1.03 bits per heavy atom. The van der Waals surface area contributed by atoms with Gasteiger partial charge >= 0.3 is 0 Å². The van der Waals surface area contributed by atoms with E-state index in [0.29, 0.717) is 58.1 Å². The number of benzene rings is 2. The standard InChI is InChI=1S/C25H33N3O5S/c1-20-7-3-4-8-24(20)33-16-11-26-25(29)22-19-21(34(30,31)28-12-5-2-6-13-28)9-10-23(22)27-14-17-32-18-15-27/h3-4,7-10,19H,2,5-6,11-18H2,1H3,(H,26,29). The SMILES string of the molecule is Cc1ccccc1OCCNC(=O)c1cc(S(=O)(=O)N2CCCCC2)ccc1N1CCOCC1. The molecule has 0 atom stereocenters. The lowest BCUT2D eigenvalue weighted by atomic mass is 10.1. The molecule has 1 amide bonds. The molecule has 0 saturated carbocycles. The van der Waals surface area contributed by atoms with E-state index in [2.05, 4.69) is 10.2 Å². The fraction of sp³-hybridized carbons (Fsp3) is 0.480. The van der Waals surface area contributed by atoms with E-state index in [-0.39, 0.29) is 10.8 Å². The van der Waals surface area contributed by atoms with E-state index in [4.69, 9.17) is 9.47 Å². The second-order valence-electron chi connectivity index (χ2n) is 8.61. The van der Waals surface area contributed by atoms with Gasteiger partial charge in [-0.2, -0.15) is 4.31 Å². The number of carbonyl (C=O) groups is 1. The van der Waals surface area contributed by atoms with Crippen molar-refractivity contribution < 1.29 is 22.7 Å². The van der Waals surface area contributed by atoms with Crippen molar-refractivity contribution in [3.8, 4) is 5.75 Å². The molecule has 184 valence electrons. The molecule has 1 N–H and O–H groups in total. The van der Waals surface area contributed by atoms with E-state index in [1.165, 1.54) is 10.4 Å². The molecule has 2 aromatic rings. The van der Waals surface area contributed by atoms with E-state index >= 15 is 0 Å². The number of nitrogens with zero attached hydrogens (tertiary/aromatic N) is 2. The third-order valence-corrected chi connectivity index (χ3v) is 8.15. The zero-order chi connectivity index (χ0) is 24.0. The van der Waals surface area contributed by atoms with Gasteiger partial charge in [-0.25, -0.2) is 8.42 Å². The van der Waals surface area contributed by atoms with Crippen LogP contribution in [0.1, 0.15) is 35.2 Å². The van der Waals surface area contributed by atoms with Crippen LogP contribution in [0.4, 0.5) is 5.69 Å². The predicted octanol–water partition coefficient (Wildman–Crippen LogP) is 2.82. The Hall–Kier alpha value is -2.62. The summed E-state index contributed by atoms with van der Waals surface area (Å²) in [4.78, 5) is 15.4. The molecular formula is C25H33N3O5S. The molecule has 4 rings (SSSR count). The topological polar surface area (TPSA) is 88.2 Å². The number of hydrogen-bond acceptors (Lipinski definition) is 6. The maximum atomic E-state index is 13.2. The molecule has 0 aromatic heterocycles. The molecule has 0 spiro atoms. The second kappa shape index (κ2) is 11.2. The van der Waals surface area contributed by atoms with Crippen molar-refractivity contribution in [2.75, 3.05) is 57.4 Å². The average Bonchev–Trinajstić information content (AvgIpc) is 2.88. The fourth-order valence-electron chi connectivity index (χ4n) is 4.33. The van der Waals surface area contributed by atoms with Crippen molar-refractivity contribution in [3.63, 3.8) is 0 Å². The van der Waals surface area contributed by atoms with Crippen molar-refractivity contribution in [2.45, 2.75) is 31.1 Å². The molecule has 2 aromatic carbocycles. The number of sulfonamides is 1. The Balaban J connectivity index is 1.51. The van der Waals surface area contributed by atoms with Crippen LogP contribution in [0.2, 0.25) is 0 Å². The van der Waals surface area contributed by atoms with E-state index in [1.807, 2.05) is 31.2 Å². The van der Waals surface area contributed by atoms with E-state index in [1.54, 1.807) is 12.1 Å². The number of carbonyl (C=O) groups excluding carboxylic acids is 1. The van der Waals surface area contributed by atoms with Crippen LogP contribution in [0, 0.1) is 6.92 Å². The zero-order valence-electron chi connectivity index (χ0n) is 19.7. The van der Waals surface area contributed by atoms with Crippen molar-refractivity contribution in [1.82, 2.24) is 9.62 Å². The van der Waals surface area contributed by atoms with Gasteiger partial charge in [-0.15, -0.1) is 0 Å². The molecule has 0 unspecified atom stereocenters. The van der Waals surface area contributed by atoms with Gasteiger partial charge in [-0.3, -0.25) is 4.79 Å². The Kier molecular flexibility index (Phi) is 8.07. The van der Waals surface area contributed by atoms with Crippen molar-refractivity contribution in [2.24, 2.45) is 0 Å². The van der Waals surface area contributed by atoms with E-state index in [9.17, 15) is 13.2 Å². The number of rotatable bonds is 8. The molecule has 0 bridgehead atoms. The summed E-state index contributed by atoms with van der Waals surface area (Å²) >= 11 is 0. The lowest BCUT2D eigenvalue weighted by Crippen LogP contribution is -2.39. The lowest BCUT2D eigenvalue weighted by molar-refractivity contribution is 0.0945. The minimum Gasteiger partial charge on any atom is -0.491 e. The Morgan fingerprint density at radius 3 is 2.50 bits per heavy atom. The monoisotopic (exact) mass is 487 g/mol. The Bertz CT molecular complexity index is 1090. The Labute approximate surface area is 201 Å². The highest BCUT2D eigenvalue weighted by molar-refractivity contribution is 7.89. The summed E-state index contributed by atoms with van der Waals surface area (Å²) in [6.07, 6.45) is 2.76. The molecule has 0 radical (unpaired) electrons. The summed E-state index contributed by atoms with van der Waals surface area (Å²) in [5, 5.41) is 2.90. The number of aryl methyl sites for hydroxylation is 1. The molecule has 2 fully saturated rings. The summed E-state index contributed by atoms with van der Waals surface area (Å²) in [5.41, 5.74) is 2.10. The van der Waals surface area contributed by atoms with Gasteiger partial charge < -0.3 is 19.7 Å².